The Labute approximate surface area is 146 Å². The Morgan fingerprint density at radius 1 is 1.08 bits per heavy atom. The third kappa shape index (κ3) is 3.50. The summed E-state index contributed by atoms with van der Waals surface area (Å²) in [5.74, 6) is 0. The van der Waals surface area contributed by atoms with E-state index in [1.54, 1.807) is 36.4 Å². The van der Waals surface area contributed by atoms with Gasteiger partial charge in [0.15, 0.2) is 0 Å². The number of halogens is 2. The lowest BCUT2D eigenvalue weighted by Gasteiger charge is -2.09. The molecular weight excluding hydrogens is 351 g/mol. The lowest BCUT2D eigenvalue weighted by molar-refractivity contribution is 0.251. The van der Waals surface area contributed by atoms with Gasteiger partial charge in [-0.15, -0.1) is 0 Å². The first-order valence-electron chi connectivity index (χ1n) is 7.01. The van der Waals surface area contributed by atoms with Crippen molar-refractivity contribution in [2.24, 2.45) is 0 Å². The molecule has 24 heavy (non-hydrogen) atoms. The number of hydrogen-bond donors (Lipinski definition) is 3. The van der Waals surface area contributed by atoms with Crippen molar-refractivity contribution in [1.29, 1.82) is 0 Å². The molecular formula is C16H12Cl2N4O2. The maximum absolute atomic E-state index is 12.0. The number of amides is 2. The molecule has 0 aliphatic carbocycles. The van der Waals surface area contributed by atoms with Gasteiger partial charge in [-0.1, -0.05) is 41.4 Å². The molecule has 0 saturated heterocycles. The number of nitrogens with one attached hydrogen (secondary N) is 3. The first-order chi connectivity index (χ1) is 11.5. The van der Waals surface area contributed by atoms with Crippen LogP contribution in [0.1, 0.15) is 5.69 Å². The average molecular weight is 363 g/mol. The number of anilines is 1. The second-order valence-corrected chi connectivity index (χ2v) is 5.80. The third-order valence-electron chi connectivity index (χ3n) is 3.37. The number of fused-ring (bicyclic) bond motifs is 1. The molecule has 0 bridgehead atoms. The largest absolute Gasteiger partial charge is 0.332 e. The minimum atomic E-state index is -0.425. The van der Waals surface area contributed by atoms with Crippen molar-refractivity contribution in [3.8, 4) is 0 Å². The smallest absolute Gasteiger partial charge is 0.319 e. The Hall–Kier alpha value is -2.57. The molecule has 0 spiro atoms. The van der Waals surface area contributed by atoms with Crippen LogP contribution in [-0.4, -0.2) is 16.2 Å². The number of carbonyl (C=O) groups excluding carboxylic acids is 1. The van der Waals surface area contributed by atoms with Crippen LogP contribution in [-0.2, 0) is 6.54 Å². The van der Waals surface area contributed by atoms with E-state index in [0.29, 0.717) is 32.2 Å². The Kier molecular flexibility index (Phi) is 4.69. The minimum absolute atomic E-state index is 0.157. The molecule has 0 atom stereocenters. The lowest BCUT2D eigenvalue weighted by Crippen LogP contribution is -2.29. The highest BCUT2D eigenvalue weighted by Gasteiger charge is 2.08. The predicted octanol–water partition coefficient (Wildman–Crippen LogP) is 3.55. The molecule has 122 valence electrons. The molecule has 0 radical (unpaired) electrons. The van der Waals surface area contributed by atoms with Crippen LogP contribution in [0.5, 0.6) is 0 Å². The van der Waals surface area contributed by atoms with Crippen molar-refractivity contribution in [2.45, 2.75) is 6.54 Å². The summed E-state index contributed by atoms with van der Waals surface area (Å²) in [6, 6.07) is 11.4. The number of H-pyrrole nitrogens is 1. The molecule has 2 aromatic carbocycles. The van der Waals surface area contributed by atoms with Gasteiger partial charge in [-0.3, -0.25) is 4.79 Å². The number of aromatic amines is 1. The molecule has 0 unspecified atom stereocenters. The van der Waals surface area contributed by atoms with E-state index < -0.39 is 6.03 Å². The summed E-state index contributed by atoms with van der Waals surface area (Å²) in [6.07, 6.45) is 0. The van der Waals surface area contributed by atoms with E-state index in [2.05, 4.69) is 20.8 Å². The molecule has 0 fully saturated rings. The monoisotopic (exact) mass is 362 g/mol. The lowest BCUT2D eigenvalue weighted by atomic mass is 10.1. The molecule has 3 aromatic rings. The Balaban J connectivity index is 1.72. The zero-order valence-electron chi connectivity index (χ0n) is 12.3. The topological polar surface area (TPSA) is 86.9 Å². The highest BCUT2D eigenvalue weighted by molar-refractivity contribution is 6.42. The standard InChI is InChI=1S/C16H12Cl2N4O2/c17-12-6-5-9(7-13(12)18)20-16(24)19-8-14-10-3-1-2-4-11(10)15(23)22-21-14/h1-7H,8H2,(H,22,23)(H2,19,20,24). The van der Waals surface area contributed by atoms with Crippen molar-refractivity contribution < 1.29 is 4.79 Å². The molecule has 6 nitrogen and oxygen atoms in total. The molecule has 3 N–H and O–H groups in total. The van der Waals surface area contributed by atoms with E-state index >= 15 is 0 Å². The Bertz CT molecular complexity index is 972. The summed E-state index contributed by atoms with van der Waals surface area (Å²) < 4.78 is 0. The second kappa shape index (κ2) is 6.90. The van der Waals surface area contributed by atoms with Crippen LogP contribution < -0.4 is 16.2 Å². The molecule has 8 heteroatoms. The van der Waals surface area contributed by atoms with Crippen molar-refractivity contribution >= 4 is 45.7 Å². The SMILES string of the molecule is O=C(NCc1n[nH]c(=O)c2ccccc12)Nc1ccc(Cl)c(Cl)c1. The van der Waals surface area contributed by atoms with Crippen molar-refractivity contribution in [3.05, 3.63) is 68.6 Å². The van der Waals surface area contributed by atoms with Gasteiger partial charge in [-0.05, 0) is 24.3 Å². The summed E-state index contributed by atoms with van der Waals surface area (Å²) in [6.45, 7) is 0.157. The van der Waals surface area contributed by atoms with E-state index in [1.807, 2.05) is 6.07 Å². The van der Waals surface area contributed by atoms with Crippen LogP contribution in [0.25, 0.3) is 10.8 Å². The molecule has 1 aromatic heterocycles. The van der Waals surface area contributed by atoms with E-state index in [4.69, 9.17) is 23.2 Å². The molecule has 0 aliphatic rings. The van der Waals surface area contributed by atoms with Crippen LogP contribution in [0.15, 0.2) is 47.3 Å². The van der Waals surface area contributed by atoms with Gasteiger partial charge in [0.05, 0.1) is 27.7 Å². The van der Waals surface area contributed by atoms with Crippen LogP contribution in [0, 0.1) is 0 Å². The average Bonchev–Trinajstić information content (AvgIpc) is 2.58. The van der Waals surface area contributed by atoms with Crippen molar-refractivity contribution in [2.75, 3.05) is 5.32 Å². The number of aromatic nitrogens is 2. The van der Waals surface area contributed by atoms with Crippen LogP contribution >= 0.6 is 23.2 Å². The fourth-order valence-electron chi connectivity index (χ4n) is 2.22. The summed E-state index contributed by atoms with van der Waals surface area (Å²) in [7, 11) is 0. The number of hydrogen-bond acceptors (Lipinski definition) is 3. The van der Waals surface area contributed by atoms with Crippen molar-refractivity contribution in [3.63, 3.8) is 0 Å². The Morgan fingerprint density at radius 2 is 1.83 bits per heavy atom. The maximum Gasteiger partial charge on any atom is 0.319 e. The number of urea groups is 1. The van der Waals surface area contributed by atoms with E-state index in [1.165, 1.54) is 0 Å². The maximum atomic E-state index is 12.0. The molecule has 1 heterocycles. The van der Waals surface area contributed by atoms with Gasteiger partial charge in [0.25, 0.3) is 5.56 Å². The predicted molar refractivity (Wildman–Crippen MR) is 94.7 cm³/mol. The van der Waals surface area contributed by atoms with Gasteiger partial charge in [0.1, 0.15) is 0 Å². The summed E-state index contributed by atoms with van der Waals surface area (Å²) >= 11 is 11.7. The summed E-state index contributed by atoms with van der Waals surface area (Å²) in [4.78, 5) is 23.7. The van der Waals surface area contributed by atoms with Gasteiger partial charge in [-0.25, -0.2) is 9.89 Å². The molecule has 0 saturated carbocycles. The van der Waals surface area contributed by atoms with Gasteiger partial charge in [-0.2, -0.15) is 5.10 Å². The zero-order valence-corrected chi connectivity index (χ0v) is 13.8. The van der Waals surface area contributed by atoms with E-state index in [-0.39, 0.29) is 12.1 Å². The number of benzene rings is 2. The fourth-order valence-corrected chi connectivity index (χ4v) is 2.52. The summed E-state index contributed by atoms with van der Waals surface area (Å²) in [5, 5.41) is 13.7. The fraction of sp³-hybridized carbons (Fsp3) is 0.0625. The van der Waals surface area contributed by atoms with Crippen LogP contribution in [0.2, 0.25) is 10.0 Å². The van der Waals surface area contributed by atoms with Gasteiger partial charge in [0, 0.05) is 11.1 Å². The van der Waals surface area contributed by atoms with Gasteiger partial charge in [0.2, 0.25) is 0 Å². The number of nitrogens with zero attached hydrogens (tertiary/aromatic N) is 1. The third-order valence-corrected chi connectivity index (χ3v) is 4.11. The second-order valence-electron chi connectivity index (χ2n) is 4.98. The molecule has 2 amide bonds. The highest BCUT2D eigenvalue weighted by Crippen LogP contribution is 2.24. The van der Waals surface area contributed by atoms with E-state index in [0.717, 1.165) is 0 Å². The van der Waals surface area contributed by atoms with Gasteiger partial charge >= 0.3 is 6.03 Å². The van der Waals surface area contributed by atoms with Gasteiger partial charge < -0.3 is 10.6 Å². The minimum Gasteiger partial charge on any atom is -0.332 e. The zero-order chi connectivity index (χ0) is 17.1. The van der Waals surface area contributed by atoms with E-state index in [9.17, 15) is 9.59 Å². The number of rotatable bonds is 3. The normalized spacial score (nSPS) is 10.6. The molecule has 0 aliphatic heterocycles. The summed E-state index contributed by atoms with van der Waals surface area (Å²) in [5.41, 5.74) is 0.810. The number of carbonyl (C=O) groups is 1. The van der Waals surface area contributed by atoms with Crippen LogP contribution in [0.4, 0.5) is 10.5 Å². The van der Waals surface area contributed by atoms with Crippen LogP contribution in [0.3, 0.4) is 0 Å². The van der Waals surface area contributed by atoms with Crippen molar-refractivity contribution in [1.82, 2.24) is 15.5 Å². The first-order valence-corrected chi connectivity index (χ1v) is 7.76. The molecule has 3 rings (SSSR count). The first kappa shape index (κ1) is 16.3. The highest BCUT2D eigenvalue weighted by atomic mass is 35.5. The Morgan fingerprint density at radius 3 is 2.58 bits per heavy atom. The quantitative estimate of drug-likeness (QED) is 0.665.